The average Bonchev–Trinajstić information content (AvgIpc) is 3.69. The molecule has 0 saturated heterocycles. The van der Waals surface area contributed by atoms with Crippen LogP contribution in [0.15, 0.2) is 96.1 Å². The maximum absolute atomic E-state index is 3.75. The molecule has 276 valence electrons. The normalized spacial score (nSPS) is 19.2. The molecule has 3 aliphatic rings. The van der Waals surface area contributed by atoms with Crippen LogP contribution in [0.4, 0.5) is 0 Å². The Morgan fingerprint density at radius 3 is 1.48 bits per heavy atom. The predicted molar refractivity (Wildman–Crippen MR) is 234 cm³/mol. The third-order valence-corrected chi connectivity index (χ3v) is 30.2. The van der Waals surface area contributed by atoms with Crippen molar-refractivity contribution in [3.63, 3.8) is 0 Å². The van der Waals surface area contributed by atoms with E-state index in [-0.39, 0.29) is 35.6 Å². The van der Waals surface area contributed by atoms with E-state index in [1.54, 1.807) is 22.3 Å². The first-order chi connectivity index (χ1) is 23.6. The number of fused-ring (bicyclic) bond motifs is 2. The summed E-state index contributed by atoms with van der Waals surface area (Å²) in [6.45, 7) is 18.8. The summed E-state index contributed by atoms with van der Waals surface area (Å²) in [6, 6.07) is 33.5. The zero-order valence-corrected chi connectivity index (χ0v) is 38.7. The molecule has 4 aromatic carbocycles. The Morgan fingerprint density at radius 1 is 0.596 bits per heavy atom. The SMILES string of the molecule is CCC1=Cc2c(-c3ccc(C(C)(C)C)cc3)cccc2[CH]1[Zr]([CH3])([CH3])(=[SiH2])[CH]1C(C2CCCCC2)=Cc2c(-c3ccc(C(C)(C)C)cc3)cccc21.Cl.Cl. The Balaban J connectivity index is 0.00000261. The first kappa shape index (κ1) is 41.2. The fourth-order valence-electron chi connectivity index (χ4n) is 10.1. The van der Waals surface area contributed by atoms with E-state index in [2.05, 4.69) is 162 Å². The minimum atomic E-state index is -3.75. The van der Waals surface area contributed by atoms with Gasteiger partial charge in [0.05, 0.1) is 0 Å². The Labute approximate surface area is 330 Å². The van der Waals surface area contributed by atoms with Crippen molar-refractivity contribution in [2.45, 2.75) is 114 Å². The third-order valence-electron chi connectivity index (χ3n) is 12.8. The van der Waals surface area contributed by atoms with Crippen molar-refractivity contribution >= 4 is 43.8 Å². The van der Waals surface area contributed by atoms with Crippen LogP contribution in [0.3, 0.4) is 0 Å². The van der Waals surface area contributed by atoms with Gasteiger partial charge >= 0.3 is 308 Å². The molecule has 2 unspecified atom stereocenters. The summed E-state index contributed by atoms with van der Waals surface area (Å²) in [5.41, 5.74) is 18.4. The fraction of sp³-hybridized carbons (Fsp3) is 0.417. The van der Waals surface area contributed by atoms with Crippen LogP contribution in [0.2, 0.25) is 9.26 Å². The van der Waals surface area contributed by atoms with Gasteiger partial charge in [-0.05, 0) is 0 Å². The first-order valence-electron chi connectivity index (χ1n) is 19.5. The Kier molecular flexibility index (Phi) is 11.8. The van der Waals surface area contributed by atoms with Crippen LogP contribution >= 0.6 is 24.8 Å². The van der Waals surface area contributed by atoms with Gasteiger partial charge in [-0.25, -0.2) is 0 Å². The van der Waals surface area contributed by atoms with Crippen LogP contribution < -0.4 is 0 Å². The summed E-state index contributed by atoms with van der Waals surface area (Å²) in [6.07, 6.45) is 13.3. The standard InChI is InChI=1S/C25H29.C21H23.2CH3.2ClH.H2Si.Zr/c1-25(2,3)22-14-12-19(13-15-22)23-11-7-10-20-16-21(17-24(20)23)18-8-5-4-6-9-18;1-5-15-13-17-7-6-8-19(20(17)14-15)16-9-11-18(12-10-16)21(2,3)4;;;;;;/h7,10-18H,4-6,8-9H2,1-3H3;6-14H,5H2,1-4H3;2*1H3;2*1H;1H2;. The molecule has 0 N–H and O–H groups in total. The number of allylic oxidation sites excluding steroid dienone is 2. The molecule has 0 spiro atoms. The van der Waals surface area contributed by atoms with Gasteiger partial charge in [0.1, 0.15) is 0 Å². The van der Waals surface area contributed by atoms with Crippen molar-refractivity contribution in [2.75, 3.05) is 0 Å². The smallest absolute Gasteiger partial charge is 0.147 e. The average molecular weight is 829 g/mol. The molecular formula is C48H62Cl2SiZr. The van der Waals surface area contributed by atoms with E-state index in [1.165, 1.54) is 76.6 Å². The molecule has 1 fully saturated rings. The molecule has 7 rings (SSSR count). The molecule has 0 aliphatic heterocycles. The monoisotopic (exact) mass is 826 g/mol. The van der Waals surface area contributed by atoms with Gasteiger partial charge in [0.15, 0.2) is 0 Å². The zero-order valence-electron chi connectivity index (χ0n) is 33.2. The predicted octanol–water partition coefficient (Wildman–Crippen LogP) is 14.4. The summed E-state index contributed by atoms with van der Waals surface area (Å²) in [7, 11) is 0. The molecular weight excluding hydrogens is 767 g/mol. The van der Waals surface area contributed by atoms with Gasteiger partial charge in [-0.1, -0.05) is 0 Å². The number of rotatable bonds is 6. The van der Waals surface area contributed by atoms with E-state index in [9.17, 15) is 0 Å². The molecule has 4 aromatic rings. The van der Waals surface area contributed by atoms with Crippen LogP contribution in [0.1, 0.15) is 128 Å². The number of hydrogen-bond donors (Lipinski definition) is 0. The van der Waals surface area contributed by atoms with Crippen LogP contribution in [-0.4, -0.2) is 6.88 Å². The van der Waals surface area contributed by atoms with Crippen molar-refractivity contribution in [1.29, 1.82) is 0 Å². The molecule has 0 bridgehead atoms. The molecule has 1 saturated carbocycles. The second kappa shape index (κ2) is 14.9. The molecule has 3 aliphatic carbocycles. The van der Waals surface area contributed by atoms with Crippen LogP contribution in [-0.2, 0) is 28.2 Å². The molecule has 0 aromatic heterocycles. The second-order valence-corrected chi connectivity index (χ2v) is 49.6. The van der Waals surface area contributed by atoms with E-state index in [0.29, 0.717) is 13.2 Å². The first-order valence-corrected chi connectivity index (χ1v) is 33.2. The molecule has 0 nitrogen and oxygen atoms in total. The second-order valence-electron chi connectivity index (χ2n) is 19.1. The van der Waals surface area contributed by atoms with E-state index < -0.39 is 17.4 Å². The maximum atomic E-state index is 2.84. The van der Waals surface area contributed by atoms with Crippen molar-refractivity contribution in [3.8, 4) is 22.3 Å². The topological polar surface area (TPSA) is 0 Å². The van der Waals surface area contributed by atoms with E-state index in [1.807, 2.05) is 0 Å². The molecule has 0 amide bonds. The summed E-state index contributed by atoms with van der Waals surface area (Å²) >= 11 is -3.75. The van der Waals surface area contributed by atoms with E-state index in [4.69, 9.17) is 0 Å². The number of halogens is 2. The Bertz CT molecular complexity index is 2060. The van der Waals surface area contributed by atoms with E-state index in [0.717, 1.165) is 6.42 Å². The third kappa shape index (κ3) is 7.38. The van der Waals surface area contributed by atoms with Crippen LogP contribution in [0, 0.1) is 5.92 Å². The minimum absolute atomic E-state index is 0. The Hall–Kier alpha value is -1.96. The van der Waals surface area contributed by atoms with Crippen LogP contribution in [0.5, 0.6) is 0 Å². The van der Waals surface area contributed by atoms with E-state index >= 15 is 0 Å². The number of benzene rings is 4. The molecule has 2 atom stereocenters. The van der Waals surface area contributed by atoms with Crippen molar-refractivity contribution in [1.82, 2.24) is 0 Å². The number of hydrogen-bond acceptors (Lipinski definition) is 0. The Morgan fingerprint density at radius 2 is 1.04 bits per heavy atom. The van der Waals surface area contributed by atoms with Crippen molar-refractivity contribution < 1.29 is 17.4 Å². The van der Waals surface area contributed by atoms with Crippen molar-refractivity contribution in [3.05, 3.63) is 129 Å². The zero-order chi connectivity index (χ0) is 35.7. The van der Waals surface area contributed by atoms with Crippen molar-refractivity contribution in [2.24, 2.45) is 5.92 Å². The minimum Gasteiger partial charge on any atom is -0.147 e. The van der Waals surface area contributed by atoms with Gasteiger partial charge in [-0.15, -0.1) is 24.8 Å². The largest absolute Gasteiger partial charge is 0.147 e. The van der Waals surface area contributed by atoms with Gasteiger partial charge in [0.25, 0.3) is 0 Å². The maximum Gasteiger partial charge on any atom is -0.147 e. The van der Waals surface area contributed by atoms with Crippen LogP contribution in [0.25, 0.3) is 34.4 Å². The van der Waals surface area contributed by atoms with Gasteiger partial charge < -0.3 is 0 Å². The molecule has 0 heterocycles. The fourth-order valence-corrected chi connectivity index (χ4v) is 29.9. The molecule has 4 heteroatoms. The summed E-state index contributed by atoms with van der Waals surface area (Å²) in [5, 5.41) is 0. The molecule has 52 heavy (non-hydrogen) atoms. The summed E-state index contributed by atoms with van der Waals surface area (Å²) in [5.74, 6) is 0.706. The summed E-state index contributed by atoms with van der Waals surface area (Å²) < 4.78 is 6.79. The van der Waals surface area contributed by atoms with Gasteiger partial charge in [-0.2, -0.15) is 0 Å². The van der Waals surface area contributed by atoms with Gasteiger partial charge in [0, 0.05) is 0 Å². The summed E-state index contributed by atoms with van der Waals surface area (Å²) in [4.78, 5) is 0. The van der Waals surface area contributed by atoms with Gasteiger partial charge in [-0.3, -0.25) is 0 Å². The molecule has 0 radical (unpaired) electrons. The van der Waals surface area contributed by atoms with Gasteiger partial charge in [0.2, 0.25) is 0 Å². The quantitative estimate of drug-likeness (QED) is 0.170.